The summed E-state index contributed by atoms with van der Waals surface area (Å²) in [5.74, 6) is -1.20. The van der Waals surface area contributed by atoms with Crippen LogP contribution in [0.3, 0.4) is 0 Å². The number of carboxylic acids is 1. The summed E-state index contributed by atoms with van der Waals surface area (Å²) in [6, 6.07) is 1.06. The SMILES string of the molecule is Cc1cc2c(=O)n(CCC(=O)N3CCCC3C(=O)O)cnc2s1. The van der Waals surface area contributed by atoms with Crippen molar-refractivity contribution in [2.75, 3.05) is 6.54 Å². The van der Waals surface area contributed by atoms with Crippen molar-refractivity contribution >= 4 is 33.4 Å². The maximum atomic E-state index is 12.4. The van der Waals surface area contributed by atoms with E-state index in [9.17, 15) is 14.4 Å². The number of likely N-dealkylation sites (tertiary alicyclic amines) is 1. The van der Waals surface area contributed by atoms with E-state index in [1.807, 2.05) is 6.92 Å². The highest BCUT2D eigenvalue weighted by Crippen LogP contribution is 2.20. The van der Waals surface area contributed by atoms with Gasteiger partial charge in [-0.2, -0.15) is 0 Å². The molecule has 1 aliphatic rings. The van der Waals surface area contributed by atoms with Crippen LogP contribution in [0, 0.1) is 6.92 Å². The number of aromatic nitrogens is 2. The van der Waals surface area contributed by atoms with Crippen LogP contribution in [0.2, 0.25) is 0 Å². The molecule has 3 rings (SSSR count). The maximum absolute atomic E-state index is 12.4. The van der Waals surface area contributed by atoms with E-state index in [0.717, 1.165) is 4.88 Å². The van der Waals surface area contributed by atoms with Gasteiger partial charge in [0.15, 0.2) is 0 Å². The zero-order chi connectivity index (χ0) is 16.6. The Hall–Kier alpha value is -2.22. The Balaban J connectivity index is 1.73. The summed E-state index contributed by atoms with van der Waals surface area (Å²) in [7, 11) is 0. The Morgan fingerprint density at radius 1 is 1.48 bits per heavy atom. The molecule has 1 aliphatic heterocycles. The van der Waals surface area contributed by atoms with Gasteiger partial charge in [-0.3, -0.25) is 14.2 Å². The molecule has 23 heavy (non-hydrogen) atoms. The predicted octanol–water partition coefficient (Wildman–Crippen LogP) is 1.23. The van der Waals surface area contributed by atoms with Gasteiger partial charge in [0.25, 0.3) is 5.56 Å². The highest BCUT2D eigenvalue weighted by molar-refractivity contribution is 7.18. The number of carboxylic acid groups (broad SMARTS) is 1. The quantitative estimate of drug-likeness (QED) is 0.907. The minimum Gasteiger partial charge on any atom is -0.480 e. The molecule has 2 aromatic rings. The van der Waals surface area contributed by atoms with Crippen molar-refractivity contribution in [3.8, 4) is 0 Å². The molecule has 7 nitrogen and oxygen atoms in total. The number of hydrogen-bond donors (Lipinski definition) is 1. The summed E-state index contributed by atoms with van der Waals surface area (Å²) in [6.07, 6.45) is 2.74. The molecule has 0 aromatic carbocycles. The molecule has 1 amide bonds. The third-order valence-electron chi connectivity index (χ3n) is 4.07. The van der Waals surface area contributed by atoms with Crippen LogP contribution in [-0.2, 0) is 16.1 Å². The van der Waals surface area contributed by atoms with E-state index in [4.69, 9.17) is 5.11 Å². The van der Waals surface area contributed by atoms with E-state index >= 15 is 0 Å². The summed E-state index contributed by atoms with van der Waals surface area (Å²) in [6.45, 7) is 2.59. The predicted molar refractivity (Wildman–Crippen MR) is 85.6 cm³/mol. The van der Waals surface area contributed by atoms with Crippen molar-refractivity contribution in [1.82, 2.24) is 14.5 Å². The summed E-state index contributed by atoms with van der Waals surface area (Å²) < 4.78 is 1.41. The number of fused-ring (bicyclic) bond motifs is 1. The molecule has 0 saturated carbocycles. The molecule has 1 saturated heterocycles. The van der Waals surface area contributed by atoms with Crippen LogP contribution in [0.5, 0.6) is 0 Å². The van der Waals surface area contributed by atoms with E-state index < -0.39 is 12.0 Å². The first-order valence-corrected chi connectivity index (χ1v) is 8.27. The van der Waals surface area contributed by atoms with Crippen molar-refractivity contribution in [1.29, 1.82) is 0 Å². The fourth-order valence-corrected chi connectivity index (χ4v) is 3.76. The van der Waals surface area contributed by atoms with E-state index in [0.29, 0.717) is 29.6 Å². The summed E-state index contributed by atoms with van der Waals surface area (Å²) in [5.41, 5.74) is -0.164. The van der Waals surface area contributed by atoms with Crippen LogP contribution >= 0.6 is 11.3 Å². The van der Waals surface area contributed by atoms with Crippen LogP contribution in [0.25, 0.3) is 10.2 Å². The van der Waals surface area contributed by atoms with Gasteiger partial charge in [-0.25, -0.2) is 9.78 Å². The molecule has 1 N–H and O–H groups in total. The number of aliphatic carboxylic acids is 1. The summed E-state index contributed by atoms with van der Waals surface area (Å²) >= 11 is 1.46. The number of hydrogen-bond acceptors (Lipinski definition) is 5. The van der Waals surface area contributed by atoms with Crippen molar-refractivity contribution in [2.45, 2.75) is 38.8 Å². The lowest BCUT2D eigenvalue weighted by Crippen LogP contribution is -2.41. The molecule has 2 aromatic heterocycles. The zero-order valence-electron chi connectivity index (χ0n) is 12.7. The van der Waals surface area contributed by atoms with Crippen LogP contribution in [0.4, 0.5) is 0 Å². The summed E-state index contributed by atoms with van der Waals surface area (Å²) in [5, 5.41) is 9.69. The Kier molecular flexibility index (Phi) is 4.16. The van der Waals surface area contributed by atoms with Crippen LogP contribution in [-0.4, -0.2) is 44.0 Å². The largest absolute Gasteiger partial charge is 0.480 e. The number of carbonyl (C=O) groups is 2. The van der Waals surface area contributed by atoms with Gasteiger partial charge in [-0.05, 0) is 25.8 Å². The first-order valence-electron chi connectivity index (χ1n) is 7.45. The number of amides is 1. The molecular weight excluding hydrogens is 318 g/mol. The second kappa shape index (κ2) is 6.11. The van der Waals surface area contributed by atoms with Gasteiger partial charge in [0.2, 0.25) is 5.91 Å². The second-order valence-corrected chi connectivity index (χ2v) is 6.89. The minimum atomic E-state index is -0.968. The smallest absolute Gasteiger partial charge is 0.326 e. The van der Waals surface area contributed by atoms with Crippen molar-refractivity contribution < 1.29 is 14.7 Å². The van der Waals surface area contributed by atoms with Gasteiger partial charge in [-0.15, -0.1) is 11.3 Å². The fraction of sp³-hybridized carbons (Fsp3) is 0.467. The molecule has 3 heterocycles. The van der Waals surface area contributed by atoms with Crippen LogP contribution < -0.4 is 5.56 Å². The number of carbonyl (C=O) groups excluding carboxylic acids is 1. The average molecular weight is 335 g/mol. The van der Waals surface area contributed by atoms with Crippen LogP contribution in [0.15, 0.2) is 17.2 Å². The van der Waals surface area contributed by atoms with Crippen molar-refractivity contribution in [3.05, 3.63) is 27.6 Å². The second-order valence-electron chi connectivity index (χ2n) is 5.65. The summed E-state index contributed by atoms with van der Waals surface area (Å²) in [4.78, 5) is 43.1. The number of thiophene rings is 1. The Morgan fingerprint density at radius 3 is 3.00 bits per heavy atom. The lowest BCUT2D eigenvalue weighted by molar-refractivity contribution is -0.148. The molecular formula is C15H17N3O4S. The Labute approximate surface area is 136 Å². The molecule has 0 aliphatic carbocycles. The molecule has 122 valence electrons. The Bertz CT molecular complexity index is 826. The maximum Gasteiger partial charge on any atom is 0.326 e. The third-order valence-corrected chi connectivity index (χ3v) is 5.02. The highest BCUT2D eigenvalue weighted by Gasteiger charge is 2.33. The van der Waals surface area contributed by atoms with Crippen LogP contribution in [0.1, 0.15) is 24.1 Å². The molecule has 0 bridgehead atoms. The lowest BCUT2D eigenvalue weighted by Gasteiger charge is -2.21. The Morgan fingerprint density at radius 2 is 2.26 bits per heavy atom. The standard InChI is InChI=1S/C15H17N3O4S/c1-9-7-10-13(23-9)16-8-17(14(10)20)6-4-12(19)18-5-2-3-11(18)15(21)22/h7-8,11H,2-6H2,1H3,(H,21,22). The van der Waals surface area contributed by atoms with Crippen molar-refractivity contribution in [2.24, 2.45) is 0 Å². The first kappa shape index (κ1) is 15.7. The zero-order valence-corrected chi connectivity index (χ0v) is 13.5. The van der Waals surface area contributed by atoms with Gasteiger partial charge >= 0.3 is 5.97 Å². The molecule has 1 unspecified atom stereocenters. The van der Waals surface area contributed by atoms with Gasteiger partial charge in [0.05, 0.1) is 11.7 Å². The van der Waals surface area contributed by atoms with E-state index in [2.05, 4.69) is 4.98 Å². The molecule has 0 spiro atoms. The lowest BCUT2D eigenvalue weighted by atomic mass is 10.2. The molecule has 0 radical (unpaired) electrons. The molecule has 1 fully saturated rings. The first-order chi connectivity index (χ1) is 11.0. The topological polar surface area (TPSA) is 92.5 Å². The van der Waals surface area contributed by atoms with Gasteiger partial charge in [0.1, 0.15) is 10.9 Å². The van der Waals surface area contributed by atoms with E-state index in [1.165, 1.54) is 27.1 Å². The minimum absolute atomic E-state index is 0.0972. The monoisotopic (exact) mass is 335 g/mol. The molecule has 1 atom stereocenters. The van der Waals surface area contributed by atoms with Crippen molar-refractivity contribution in [3.63, 3.8) is 0 Å². The highest BCUT2D eigenvalue weighted by atomic mass is 32.1. The average Bonchev–Trinajstić information content (AvgIpc) is 3.12. The molecule has 8 heteroatoms. The van der Waals surface area contributed by atoms with E-state index in [1.54, 1.807) is 6.07 Å². The normalized spacial score (nSPS) is 17.8. The number of rotatable bonds is 4. The fourth-order valence-electron chi connectivity index (χ4n) is 2.92. The number of nitrogens with zero attached hydrogens (tertiary/aromatic N) is 3. The van der Waals surface area contributed by atoms with Gasteiger partial charge in [0, 0.05) is 24.4 Å². The number of aryl methyl sites for hydroxylation is 2. The van der Waals surface area contributed by atoms with E-state index in [-0.39, 0.29) is 24.4 Å². The third kappa shape index (κ3) is 2.98. The van der Waals surface area contributed by atoms with Gasteiger partial charge in [-0.1, -0.05) is 0 Å². The van der Waals surface area contributed by atoms with Gasteiger partial charge < -0.3 is 10.0 Å².